The zero-order valence-corrected chi connectivity index (χ0v) is 27.8. The normalized spacial score (nSPS) is 10.7. The van der Waals surface area contributed by atoms with Crippen LogP contribution in [0.3, 0.4) is 0 Å². The van der Waals surface area contributed by atoms with Crippen LogP contribution in [0.4, 0.5) is 0 Å². The molecular formula is C18H10I6O6. The van der Waals surface area contributed by atoms with Crippen LogP contribution in [0.1, 0.15) is 27.6 Å². The fourth-order valence-electron chi connectivity index (χ4n) is 2.12. The molecule has 160 valence electrons. The van der Waals surface area contributed by atoms with E-state index < -0.39 is 24.2 Å². The van der Waals surface area contributed by atoms with Crippen molar-refractivity contribution in [2.45, 2.75) is 13.2 Å². The molecule has 2 rings (SSSR count). The van der Waals surface area contributed by atoms with E-state index in [4.69, 9.17) is 14.2 Å². The fourth-order valence-corrected chi connectivity index (χ4v) is 10.2. The highest BCUT2D eigenvalue weighted by atomic mass is 127. The van der Waals surface area contributed by atoms with Crippen molar-refractivity contribution in [2.24, 2.45) is 0 Å². The summed E-state index contributed by atoms with van der Waals surface area (Å²) in [6.07, 6.45) is -1.82. The van der Waals surface area contributed by atoms with Crippen molar-refractivity contribution >= 4 is 153 Å². The molecule has 0 spiro atoms. The first kappa shape index (κ1) is 27.5. The van der Waals surface area contributed by atoms with E-state index in [1.54, 1.807) is 6.92 Å². The van der Waals surface area contributed by atoms with Gasteiger partial charge in [0.05, 0.1) is 17.7 Å². The Hall–Kier alpha value is 1.23. The van der Waals surface area contributed by atoms with Crippen molar-refractivity contribution in [3.63, 3.8) is 0 Å². The van der Waals surface area contributed by atoms with Gasteiger partial charge in [0.1, 0.15) is 0 Å². The highest BCUT2D eigenvalue weighted by molar-refractivity contribution is 14.1. The molecule has 0 saturated carbocycles. The molecule has 0 saturated heterocycles. The van der Waals surface area contributed by atoms with Crippen LogP contribution >= 0.6 is 136 Å². The Bertz CT molecular complexity index is 891. The average Bonchev–Trinajstić information content (AvgIpc) is 2.59. The Morgan fingerprint density at radius 1 is 0.733 bits per heavy atom. The summed E-state index contributed by atoms with van der Waals surface area (Å²) < 4.78 is 20.0. The van der Waals surface area contributed by atoms with Crippen molar-refractivity contribution in [3.8, 4) is 0 Å². The molecule has 0 aliphatic rings. The van der Waals surface area contributed by atoms with Gasteiger partial charge in [0.15, 0.2) is 0 Å². The number of benzene rings is 2. The van der Waals surface area contributed by atoms with E-state index in [-0.39, 0.29) is 6.61 Å². The number of hydrogen-bond donors (Lipinski definition) is 0. The Morgan fingerprint density at radius 2 is 1.07 bits per heavy atom. The van der Waals surface area contributed by atoms with Crippen molar-refractivity contribution in [3.05, 3.63) is 56.8 Å². The third-order valence-corrected chi connectivity index (χ3v) is 7.98. The SMILES string of the molecule is CCOC(=O)C(OC(=O)c1c(I)cc(I)cc1I)OC(=O)c1c(I)cc(I)cc1I. The maximum atomic E-state index is 12.8. The first-order valence-corrected chi connectivity index (χ1v) is 14.4. The number of ether oxygens (including phenoxy) is 3. The van der Waals surface area contributed by atoms with E-state index in [0.717, 1.165) is 7.14 Å². The van der Waals surface area contributed by atoms with Crippen LogP contribution in [0.5, 0.6) is 0 Å². The maximum absolute atomic E-state index is 12.8. The van der Waals surface area contributed by atoms with Gasteiger partial charge in [-0.15, -0.1) is 0 Å². The molecule has 0 fully saturated rings. The highest BCUT2D eigenvalue weighted by Crippen LogP contribution is 2.26. The topological polar surface area (TPSA) is 78.9 Å². The standard InChI is InChI=1S/C18H10I6O6/c1-2-28-17(27)18(29-15(25)13-9(21)3-7(19)4-10(13)22)30-16(26)14-11(23)5-8(20)6-12(14)24/h3-6,18H,2H2,1H3. The summed E-state index contributed by atoms with van der Waals surface area (Å²) in [5.41, 5.74) is 0.584. The first-order chi connectivity index (χ1) is 14.0. The number of hydrogen-bond acceptors (Lipinski definition) is 6. The summed E-state index contributed by atoms with van der Waals surface area (Å²) in [6.45, 7) is 1.65. The minimum absolute atomic E-state index is 0.0433. The molecule has 0 N–H and O–H groups in total. The minimum Gasteiger partial charge on any atom is -0.460 e. The minimum atomic E-state index is -1.82. The number of carbonyl (C=O) groups is 3. The quantitative estimate of drug-likeness (QED) is 0.195. The molecule has 30 heavy (non-hydrogen) atoms. The Kier molecular flexibility index (Phi) is 11.6. The molecule has 2 aromatic carbocycles. The number of halogens is 6. The molecule has 0 amide bonds. The molecule has 0 unspecified atom stereocenters. The van der Waals surface area contributed by atoms with Gasteiger partial charge in [-0.05, 0) is 167 Å². The number of carbonyl (C=O) groups excluding carboxylic acids is 3. The smallest absolute Gasteiger partial charge is 0.389 e. The second kappa shape index (κ2) is 12.6. The van der Waals surface area contributed by atoms with Gasteiger partial charge in [-0.1, -0.05) is 0 Å². The predicted molar refractivity (Wildman–Crippen MR) is 160 cm³/mol. The number of rotatable bonds is 6. The van der Waals surface area contributed by atoms with Crippen LogP contribution in [0.15, 0.2) is 24.3 Å². The summed E-state index contributed by atoms with van der Waals surface area (Å²) in [6, 6.07) is 7.23. The van der Waals surface area contributed by atoms with E-state index in [0.29, 0.717) is 25.4 Å². The molecule has 0 heterocycles. The van der Waals surface area contributed by atoms with E-state index in [2.05, 4.69) is 45.2 Å². The lowest BCUT2D eigenvalue weighted by molar-refractivity contribution is -0.174. The maximum Gasteiger partial charge on any atom is 0.389 e. The molecule has 0 aliphatic carbocycles. The lowest BCUT2D eigenvalue weighted by Gasteiger charge is -2.18. The van der Waals surface area contributed by atoms with Crippen molar-refractivity contribution in [1.82, 2.24) is 0 Å². The van der Waals surface area contributed by atoms with Gasteiger partial charge >= 0.3 is 24.2 Å². The fraction of sp³-hybridized carbons (Fsp3) is 0.167. The van der Waals surface area contributed by atoms with E-state index >= 15 is 0 Å². The summed E-state index contributed by atoms with van der Waals surface area (Å²) >= 11 is 12.4. The van der Waals surface area contributed by atoms with Gasteiger partial charge in [-0.25, -0.2) is 14.4 Å². The summed E-state index contributed by atoms with van der Waals surface area (Å²) in [4.78, 5) is 37.9. The Morgan fingerprint density at radius 3 is 1.37 bits per heavy atom. The zero-order chi connectivity index (χ0) is 22.6. The van der Waals surface area contributed by atoms with E-state index in [1.165, 1.54) is 0 Å². The van der Waals surface area contributed by atoms with Crippen LogP contribution in [-0.4, -0.2) is 30.8 Å². The van der Waals surface area contributed by atoms with Crippen LogP contribution < -0.4 is 0 Å². The third kappa shape index (κ3) is 7.37. The van der Waals surface area contributed by atoms with Gasteiger partial charge in [0.25, 0.3) is 0 Å². The molecule has 0 aliphatic heterocycles. The van der Waals surface area contributed by atoms with Crippen LogP contribution in [0.2, 0.25) is 0 Å². The lowest BCUT2D eigenvalue weighted by Crippen LogP contribution is -2.34. The molecule has 12 heteroatoms. The molecule has 0 aromatic heterocycles. The summed E-state index contributed by atoms with van der Waals surface area (Å²) in [5, 5.41) is 0. The van der Waals surface area contributed by atoms with E-state index in [1.807, 2.05) is 115 Å². The van der Waals surface area contributed by atoms with Gasteiger partial charge < -0.3 is 14.2 Å². The monoisotopic (exact) mass is 1080 g/mol. The summed E-state index contributed by atoms with van der Waals surface area (Å²) in [5.74, 6) is -2.51. The van der Waals surface area contributed by atoms with Crippen molar-refractivity contribution in [2.75, 3.05) is 6.61 Å². The van der Waals surface area contributed by atoms with Crippen LogP contribution in [0.25, 0.3) is 0 Å². The predicted octanol–water partition coefficient (Wildman–Crippen LogP) is 6.22. The molecule has 0 radical (unpaired) electrons. The molecule has 0 atom stereocenters. The van der Waals surface area contributed by atoms with Crippen molar-refractivity contribution in [1.29, 1.82) is 0 Å². The second-order valence-electron chi connectivity index (χ2n) is 5.38. The Balaban J connectivity index is 2.33. The highest BCUT2D eigenvalue weighted by Gasteiger charge is 2.32. The van der Waals surface area contributed by atoms with Crippen LogP contribution in [-0.2, 0) is 19.0 Å². The first-order valence-electron chi connectivity index (χ1n) is 7.92. The second-order valence-corrected chi connectivity index (χ2v) is 12.5. The largest absolute Gasteiger partial charge is 0.460 e. The zero-order valence-electron chi connectivity index (χ0n) is 14.8. The van der Waals surface area contributed by atoms with E-state index in [9.17, 15) is 14.4 Å². The molecule has 6 nitrogen and oxygen atoms in total. The van der Waals surface area contributed by atoms with Gasteiger partial charge in [-0.2, -0.15) is 0 Å². The van der Waals surface area contributed by atoms with Gasteiger partial charge in [0.2, 0.25) is 0 Å². The average molecular weight is 1080 g/mol. The summed E-state index contributed by atoms with van der Waals surface area (Å²) in [7, 11) is 0. The number of esters is 3. The van der Waals surface area contributed by atoms with Gasteiger partial charge in [0, 0.05) is 21.4 Å². The Labute approximate surface area is 254 Å². The molecule has 0 bridgehead atoms. The molecular weight excluding hydrogens is 1070 g/mol. The van der Waals surface area contributed by atoms with Crippen molar-refractivity contribution < 1.29 is 28.6 Å². The van der Waals surface area contributed by atoms with Gasteiger partial charge in [-0.3, -0.25) is 0 Å². The molecule has 2 aromatic rings. The third-order valence-electron chi connectivity index (χ3n) is 3.33. The lowest BCUT2D eigenvalue weighted by atomic mass is 10.2. The van der Waals surface area contributed by atoms with Crippen LogP contribution in [0, 0.1) is 21.4 Å².